The van der Waals surface area contributed by atoms with Crippen molar-refractivity contribution < 1.29 is 14.7 Å². The first-order chi connectivity index (χ1) is 9.15. The van der Waals surface area contributed by atoms with Gasteiger partial charge in [0, 0.05) is 12.2 Å². The summed E-state index contributed by atoms with van der Waals surface area (Å²) in [7, 11) is 0. The molecule has 0 spiro atoms. The Hall–Kier alpha value is -2.04. The Balaban J connectivity index is 1.69. The van der Waals surface area contributed by atoms with Gasteiger partial charge in [-0.05, 0) is 43.0 Å². The van der Waals surface area contributed by atoms with E-state index in [-0.39, 0.29) is 11.6 Å². The molecule has 0 unspecified atom stereocenters. The van der Waals surface area contributed by atoms with E-state index in [0.717, 1.165) is 12.3 Å². The third-order valence-corrected chi connectivity index (χ3v) is 3.16. The molecule has 2 rings (SSSR count). The van der Waals surface area contributed by atoms with Crippen LogP contribution in [0.25, 0.3) is 0 Å². The lowest BCUT2D eigenvalue weighted by molar-refractivity contribution is 0.0697. The summed E-state index contributed by atoms with van der Waals surface area (Å²) in [6.45, 7) is 0.676. The van der Waals surface area contributed by atoms with Crippen LogP contribution in [0.2, 0.25) is 0 Å². The third-order valence-electron chi connectivity index (χ3n) is 3.16. The Morgan fingerprint density at radius 1 is 1.21 bits per heavy atom. The van der Waals surface area contributed by atoms with E-state index < -0.39 is 5.97 Å². The molecule has 0 radical (unpaired) electrons. The summed E-state index contributed by atoms with van der Waals surface area (Å²) >= 11 is 0. The summed E-state index contributed by atoms with van der Waals surface area (Å²) in [6.07, 6.45) is 4.87. The van der Waals surface area contributed by atoms with Gasteiger partial charge < -0.3 is 15.7 Å². The van der Waals surface area contributed by atoms with Crippen LogP contribution in [0.15, 0.2) is 24.3 Å². The number of carboxylic acids is 1. The van der Waals surface area contributed by atoms with Crippen LogP contribution in [-0.2, 0) is 0 Å². The summed E-state index contributed by atoms with van der Waals surface area (Å²) < 4.78 is 0. The van der Waals surface area contributed by atoms with E-state index in [0.29, 0.717) is 12.2 Å². The number of rotatable bonds is 6. The maximum absolute atomic E-state index is 11.6. The van der Waals surface area contributed by atoms with E-state index in [1.165, 1.54) is 31.4 Å². The molecule has 0 atom stereocenters. The van der Waals surface area contributed by atoms with Crippen LogP contribution >= 0.6 is 0 Å². The van der Waals surface area contributed by atoms with Gasteiger partial charge in [0.05, 0.1) is 5.56 Å². The highest BCUT2D eigenvalue weighted by Gasteiger charge is 2.20. The Labute approximate surface area is 112 Å². The third kappa shape index (κ3) is 4.62. The molecule has 102 valence electrons. The normalized spacial score (nSPS) is 13.9. The van der Waals surface area contributed by atoms with Gasteiger partial charge >= 0.3 is 12.0 Å². The lowest BCUT2D eigenvalue weighted by Crippen LogP contribution is -2.29. The Morgan fingerprint density at radius 2 is 1.89 bits per heavy atom. The molecule has 3 N–H and O–H groups in total. The van der Waals surface area contributed by atoms with Crippen LogP contribution in [0.4, 0.5) is 10.5 Å². The van der Waals surface area contributed by atoms with Gasteiger partial charge in [0.25, 0.3) is 0 Å². The van der Waals surface area contributed by atoms with Gasteiger partial charge in [0.2, 0.25) is 0 Å². The maximum atomic E-state index is 11.6. The second kappa shape index (κ2) is 6.22. The Morgan fingerprint density at radius 3 is 2.47 bits per heavy atom. The summed E-state index contributed by atoms with van der Waals surface area (Å²) in [5.74, 6) is -0.0931. The number of carbonyl (C=O) groups excluding carboxylic acids is 1. The summed E-state index contributed by atoms with van der Waals surface area (Å²) in [6, 6.07) is 5.83. The van der Waals surface area contributed by atoms with Gasteiger partial charge in [-0.1, -0.05) is 12.8 Å². The van der Waals surface area contributed by atoms with E-state index in [1.807, 2.05) is 0 Å². The number of hydrogen-bond donors (Lipinski definition) is 3. The molecule has 0 heterocycles. The topological polar surface area (TPSA) is 78.4 Å². The molecule has 1 saturated carbocycles. The molecule has 5 nitrogen and oxygen atoms in total. The van der Waals surface area contributed by atoms with E-state index in [4.69, 9.17) is 5.11 Å². The predicted molar refractivity (Wildman–Crippen MR) is 72.4 cm³/mol. The number of nitrogens with one attached hydrogen (secondary N) is 2. The highest BCUT2D eigenvalue weighted by molar-refractivity contribution is 5.91. The molecule has 5 heteroatoms. The van der Waals surface area contributed by atoms with Crippen LogP contribution in [0.1, 0.15) is 36.0 Å². The number of urea groups is 1. The number of carbonyl (C=O) groups is 2. The lowest BCUT2D eigenvalue weighted by Gasteiger charge is -2.07. The molecule has 1 fully saturated rings. The van der Waals surface area contributed by atoms with E-state index >= 15 is 0 Å². The van der Waals surface area contributed by atoms with E-state index in [9.17, 15) is 9.59 Å². The summed E-state index contributed by atoms with van der Waals surface area (Å²) in [5.41, 5.74) is 0.792. The maximum Gasteiger partial charge on any atom is 0.335 e. The number of benzene rings is 1. The van der Waals surface area contributed by atoms with Crippen molar-refractivity contribution in [3.8, 4) is 0 Å². The molecule has 0 aromatic heterocycles. The molecule has 19 heavy (non-hydrogen) atoms. The molecule has 1 aromatic rings. The van der Waals surface area contributed by atoms with Crippen molar-refractivity contribution in [3.63, 3.8) is 0 Å². The van der Waals surface area contributed by atoms with Crippen molar-refractivity contribution in [3.05, 3.63) is 29.8 Å². The van der Waals surface area contributed by atoms with Gasteiger partial charge in [-0.25, -0.2) is 9.59 Å². The average molecular weight is 262 g/mol. The van der Waals surface area contributed by atoms with Crippen molar-refractivity contribution in [1.82, 2.24) is 5.32 Å². The SMILES string of the molecule is O=C(NCCCC1CC1)Nc1ccc(C(=O)O)cc1. The molecule has 0 aliphatic heterocycles. The van der Waals surface area contributed by atoms with Gasteiger partial charge in [-0.3, -0.25) is 0 Å². The quantitative estimate of drug-likeness (QED) is 0.690. The van der Waals surface area contributed by atoms with Gasteiger partial charge in [0.1, 0.15) is 0 Å². The number of amides is 2. The fraction of sp³-hybridized carbons (Fsp3) is 0.429. The van der Waals surface area contributed by atoms with Crippen LogP contribution in [0.5, 0.6) is 0 Å². The predicted octanol–water partition coefficient (Wildman–Crippen LogP) is 2.70. The first-order valence-electron chi connectivity index (χ1n) is 6.53. The monoisotopic (exact) mass is 262 g/mol. The Bertz CT molecular complexity index is 452. The minimum atomic E-state index is -0.976. The van der Waals surface area contributed by atoms with Crippen LogP contribution in [0.3, 0.4) is 0 Å². The summed E-state index contributed by atoms with van der Waals surface area (Å²) in [4.78, 5) is 22.2. The number of hydrogen-bond acceptors (Lipinski definition) is 2. The molecule has 1 aliphatic carbocycles. The van der Waals surface area contributed by atoms with Gasteiger partial charge in [-0.2, -0.15) is 0 Å². The average Bonchev–Trinajstić information content (AvgIpc) is 3.19. The van der Waals surface area contributed by atoms with E-state index in [1.54, 1.807) is 12.1 Å². The Kier molecular flexibility index (Phi) is 4.39. The molecule has 1 aliphatic rings. The molecule has 0 saturated heterocycles. The highest BCUT2D eigenvalue weighted by atomic mass is 16.4. The minimum Gasteiger partial charge on any atom is -0.478 e. The lowest BCUT2D eigenvalue weighted by atomic mass is 10.2. The van der Waals surface area contributed by atoms with Crippen molar-refractivity contribution in [1.29, 1.82) is 0 Å². The highest BCUT2D eigenvalue weighted by Crippen LogP contribution is 2.33. The second-order valence-electron chi connectivity index (χ2n) is 4.85. The smallest absolute Gasteiger partial charge is 0.335 e. The number of aromatic carboxylic acids is 1. The fourth-order valence-corrected chi connectivity index (χ4v) is 1.87. The first-order valence-corrected chi connectivity index (χ1v) is 6.53. The van der Waals surface area contributed by atoms with E-state index in [2.05, 4.69) is 10.6 Å². The standard InChI is InChI=1S/C14H18N2O3/c17-13(18)11-5-7-12(8-6-11)16-14(19)15-9-1-2-10-3-4-10/h5-8,10H,1-4,9H2,(H,17,18)(H2,15,16,19). The van der Waals surface area contributed by atoms with Crippen LogP contribution < -0.4 is 10.6 Å². The minimum absolute atomic E-state index is 0.204. The zero-order valence-electron chi connectivity index (χ0n) is 10.7. The van der Waals surface area contributed by atoms with Crippen LogP contribution in [0, 0.1) is 5.92 Å². The number of anilines is 1. The second-order valence-corrected chi connectivity index (χ2v) is 4.85. The molecular weight excluding hydrogens is 244 g/mol. The van der Waals surface area contributed by atoms with Crippen LogP contribution in [-0.4, -0.2) is 23.7 Å². The van der Waals surface area contributed by atoms with Crippen molar-refractivity contribution >= 4 is 17.7 Å². The molecule has 1 aromatic carbocycles. The van der Waals surface area contributed by atoms with Crippen molar-refractivity contribution in [2.45, 2.75) is 25.7 Å². The zero-order chi connectivity index (χ0) is 13.7. The number of carboxylic acid groups (broad SMARTS) is 1. The van der Waals surface area contributed by atoms with Crippen molar-refractivity contribution in [2.24, 2.45) is 5.92 Å². The molecule has 2 amide bonds. The molecular formula is C14H18N2O3. The molecule has 0 bridgehead atoms. The van der Waals surface area contributed by atoms with Gasteiger partial charge in [-0.15, -0.1) is 0 Å². The van der Waals surface area contributed by atoms with Crippen molar-refractivity contribution in [2.75, 3.05) is 11.9 Å². The van der Waals surface area contributed by atoms with Gasteiger partial charge in [0.15, 0.2) is 0 Å². The first kappa shape index (κ1) is 13.4. The summed E-state index contributed by atoms with van der Waals surface area (Å²) in [5, 5.41) is 14.2. The zero-order valence-corrected chi connectivity index (χ0v) is 10.7. The fourth-order valence-electron chi connectivity index (χ4n) is 1.87. The largest absolute Gasteiger partial charge is 0.478 e.